The zero-order valence-corrected chi connectivity index (χ0v) is 14.5. The van der Waals surface area contributed by atoms with Gasteiger partial charge in [0, 0.05) is 0 Å². The van der Waals surface area contributed by atoms with Gasteiger partial charge in [0.15, 0.2) is 11.5 Å². The lowest BCUT2D eigenvalue weighted by Gasteiger charge is -2.12. The first-order valence-corrected chi connectivity index (χ1v) is 8.26. The first-order valence-electron chi connectivity index (χ1n) is 8.26. The van der Waals surface area contributed by atoms with Crippen molar-refractivity contribution in [3.05, 3.63) is 48.5 Å². The van der Waals surface area contributed by atoms with E-state index < -0.39 is 12.3 Å². The van der Waals surface area contributed by atoms with E-state index in [9.17, 15) is 9.59 Å². The van der Waals surface area contributed by atoms with Crippen molar-refractivity contribution in [2.24, 2.45) is 0 Å². The molecule has 0 aliphatic carbocycles. The Balaban J connectivity index is 2.08. The van der Waals surface area contributed by atoms with Crippen molar-refractivity contribution >= 4 is 33.9 Å². The van der Waals surface area contributed by atoms with E-state index in [0.29, 0.717) is 0 Å². The van der Waals surface area contributed by atoms with E-state index in [1.165, 1.54) is 0 Å². The van der Waals surface area contributed by atoms with E-state index in [2.05, 4.69) is 0 Å². The second kappa shape index (κ2) is 7.74. The van der Waals surface area contributed by atoms with Crippen LogP contribution in [0.4, 0.5) is 9.59 Å². The average Bonchev–Trinajstić information content (AvgIpc) is 2.61. The van der Waals surface area contributed by atoms with E-state index in [1.807, 2.05) is 36.4 Å². The highest BCUT2D eigenvalue weighted by atomic mass is 16.7. The molecule has 6 nitrogen and oxygen atoms in total. The monoisotopic (exact) mass is 354 g/mol. The molecule has 0 atom stereocenters. The molecule has 0 saturated heterocycles. The molecule has 0 amide bonds. The molecule has 3 aromatic carbocycles. The number of hydrogen-bond acceptors (Lipinski definition) is 6. The summed E-state index contributed by atoms with van der Waals surface area (Å²) < 4.78 is 20.0. The third kappa shape index (κ3) is 3.85. The summed E-state index contributed by atoms with van der Waals surface area (Å²) in [6.07, 6.45) is -1.75. The van der Waals surface area contributed by atoms with Crippen molar-refractivity contribution in [1.82, 2.24) is 0 Å². The van der Waals surface area contributed by atoms with Crippen LogP contribution in [0.3, 0.4) is 0 Å². The molecule has 0 heterocycles. The Kier molecular flexibility index (Phi) is 5.22. The first kappa shape index (κ1) is 17.5. The highest BCUT2D eigenvalue weighted by molar-refractivity contribution is 5.99. The molecule has 0 aliphatic heterocycles. The standard InChI is InChI=1S/C20H18O6/c1-3-23-19(21)25-17-11-15-9-13-7-5-6-8-14(13)10-16(15)12-18(17)26-20(22)24-4-2/h5-12H,3-4H2,1-2H3. The lowest BCUT2D eigenvalue weighted by molar-refractivity contribution is 0.0941. The minimum atomic E-state index is -0.874. The molecule has 6 heteroatoms. The minimum absolute atomic E-state index is 0.0827. The predicted molar refractivity (Wildman–Crippen MR) is 96.8 cm³/mol. The highest BCUT2D eigenvalue weighted by Crippen LogP contribution is 2.35. The second-order valence-corrected chi connectivity index (χ2v) is 5.42. The summed E-state index contributed by atoms with van der Waals surface area (Å²) in [6, 6.07) is 15.1. The topological polar surface area (TPSA) is 71.1 Å². The Bertz CT molecular complexity index is 885. The fraction of sp³-hybridized carbons (Fsp3) is 0.200. The van der Waals surface area contributed by atoms with Gasteiger partial charge in [-0.05, 0) is 59.7 Å². The molecule has 0 bridgehead atoms. The van der Waals surface area contributed by atoms with Crippen LogP contribution >= 0.6 is 0 Å². The maximum atomic E-state index is 11.7. The van der Waals surface area contributed by atoms with Gasteiger partial charge in [-0.1, -0.05) is 24.3 Å². The fourth-order valence-electron chi connectivity index (χ4n) is 2.58. The summed E-state index contributed by atoms with van der Waals surface area (Å²) in [4.78, 5) is 23.4. The summed E-state index contributed by atoms with van der Waals surface area (Å²) in [6.45, 7) is 3.68. The maximum Gasteiger partial charge on any atom is 0.513 e. The molecule has 0 fully saturated rings. The molecule has 3 rings (SSSR count). The van der Waals surface area contributed by atoms with Crippen LogP contribution < -0.4 is 9.47 Å². The summed E-state index contributed by atoms with van der Waals surface area (Å²) in [7, 11) is 0. The van der Waals surface area contributed by atoms with Crippen LogP contribution in [-0.4, -0.2) is 25.5 Å². The van der Waals surface area contributed by atoms with E-state index in [4.69, 9.17) is 18.9 Å². The van der Waals surface area contributed by atoms with Crippen LogP contribution in [0.5, 0.6) is 11.5 Å². The quantitative estimate of drug-likeness (QED) is 0.370. The summed E-state index contributed by atoms with van der Waals surface area (Å²) in [5.41, 5.74) is 0. The van der Waals surface area contributed by atoms with Gasteiger partial charge in [-0.25, -0.2) is 9.59 Å². The van der Waals surface area contributed by atoms with Gasteiger partial charge in [-0.3, -0.25) is 0 Å². The molecule has 0 radical (unpaired) electrons. The summed E-state index contributed by atoms with van der Waals surface area (Å²) in [5.74, 6) is 0.165. The fourth-order valence-corrected chi connectivity index (χ4v) is 2.58. The van der Waals surface area contributed by atoms with E-state index >= 15 is 0 Å². The van der Waals surface area contributed by atoms with Gasteiger partial charge in [0.1, 0.15) is 0 Å². The normalized spacial score (nSPS) is 10.5. The van der Waals surface area contributed by atoms with Gasteiger partial charge in [-0.15, -0.1) is 0 Å². The Morgan fingerprint density at radius 3 is 1.50 bits per heavy atom. The smallest absolute Gasteiger partial charge is 0.434 e. The molecular formula is C20H18O6. The van der Waals surface area contributed by atoms with Crippen LogP contribution in [-0.2, 0) is 9.47 Å². The molecule has 0 saturated carbocycles. The van der Waals surface area contributed by atoms with Gasteiger partial charge in [0.25, 0.3) is 0 Å². The van der Waals surface area contributed by atoms with Gasteiger partial charge in [0.05, 0.1) is 13.2 Å². The third-order valence-electron chi connectivity index (χ3n) is 3.68. The zero-order chi connectivity index (χ0) is 18.5. The van der Waals surface area contributed by atoms with Gasteiger partial charge < -0.3 is 18.9 Å². The molecule has 134 valence electrons. The van der Waals surface area contributed by atoms with Crippen molar-refractivity contribution < 1.29 is 28.5 Å². The van der Waals surface area contributed by atoms with Crippen LogP contribution in [0.1, 0.15) is 13.8 Å². The van der Waals surface area contributed by atoms with Crippen LogP contribution in [0.2, 0.25) is 0 Å². The molecule has 3 aromatic rings. The van der Waals surface area contributed by atoms with Crippen LogP contribution in [0.15, 0.2) is 48.5 Å². The van der Waals surface area contributed by atoms with Crippen molar-refractivity contribution in [3.63, 3.8) is 0 Å². The molecule has 0 aromatic heterocycles. The zero-order valence-electron chi connectivity index (χ0n) is 14.5. The number of hydrogen-bond donors (Lipinski definition) is 0. The third-order valence-corrected chi connectivity index (χ3v) is 3.68. The second-order valence-electron chi connectivity index (χ2n) is 5.42. The molecular weight excluding hydrogens is 336 g/mol. The van der Waals surface area contributed by atoms with Crippen molar-refractivity contribution in [2.45, 2.75) is 13.8 Å². The van der Waals surface area contributed by atoms with Crippen molar-refractivity contribution in [1.29, 1.82) is 0 Å². The van der Waals surface area contributed by atoms with Crippen molar-refractivity contribution in [3.8, 4) is 11.5 Å². The molecule has 0 unspecified atom stereocenters. The van der Waals surface area contributed by atoms with Gasteiger partial charge in [0.2, 0.25) is 0 Å². The van der Waals surface area contributed by atoms with Gasteiger partial charge >= 0.3 is 12.3 Å². The number of ether oxygens (including phenoxy) is 4. The van der Waals surface area contributed by atoms with Gasteiger partial charge in [-0.2, -0.15) is 0 Å². The Hall–Kier alpha value is -3.28. The number of benzene rings is 3. The summed E-state index contributed by atoms with van der Waals surface area (Å²) >= 11 is 0. The largest absolute Gasteiger partial charge is 0.513 e. The predicted octanol–water partition coefficient (Wildman–Crippen LogP) is 5.06. The van der Waals surface area contributed by atoms with E-state index in [-0.39, 0.29) is 24.7 Å². The molecule has 0 aliphatic rings. The SMILES string of the molecule is CCOC(=O)Oc1cc2cc3ccccc3cc2cc1OC(=O)OCC. The highest BCUT2D eigenvalue weighted by Gasteiger charge is 2.17. The minimum Gasteiger partial charge on any atom is -0.434 e. The lowest BCUT2D eigenvalue weighted by Crippen LogP contribution is -2.14. The first-order chi connectivity index (χ1) is 12.6. The maximum absolute atomic E-state index is 11.7. The Labute approximate surface area is 150 Å². The van der Waals surface area contributed by atoms with E-state index in [0.717, 1.165) is 21.5 Å². The molecule has 0 N–H and O–H groups in total. The van der Waals surface area contributed by atoms with E-state index in [1.54, 1.807) is 26.0 Å². The number of fused-ring (bicyclic) bond motifs is 2. The Morgan fingerprint density at radius 2 is 1.12 bits per heavy atom. The van der Waals surface area contributed by atoms with Crippen LogP contribution in [0.25, 0.3) is 21.5 Å². The van der Waals surface area contributed by atoms with Crippen molar-refractivity contribution in [2.75, 3.05) is 13.2 Å². The number of rotatable bonds is 4. The lowest BCUT2D eigenvalue weighted by atomic mass is 10.0. The number of carbonyl (C=O) groups excluding carboxylic acids is 2. The summed E-state index contributed by atoms with van der Waals surface area (Å²) in [5, 5.41) is 3.75. The molecule has 0 spiro atoms. The number of carbonyl (C=O) groups is 2. The molecule has 26 heavy (non-hydrogen) atoms. The Morgan fingerprint density at radius 1 is 0.692 bits per heavy atom. The average molecular weight is 354 g/mol. The van der Waals surface area contributed by atoms with Crippen LogP contribution in [0, 0.1) is 0 Å².